The molecule has 0 aliphatic carbocycles. The van der Waals surface area contributed by atoms with E-state index in [4.69, 9.17) is 9.47 Å². The number of benzene rings is 3. The lowest BCUT2D eigenvalue weighted by Gasteiger charge is -2.19. The normalized spacial score (nSPS) is 16.5. The van der Waals surface area contributed by atoms with Gasteiger partial charge < -0.3 is 14.4 Å². The van der Waals surface area contributed by atoms with Gasteiger partial charge in [0.2, 0.25) is 11.7 Å². The van der Waals surface area contributed by atoms with Crippen molar-refractivity contribution >= 4 is 23.3 Å². The van der Waals surface area contributed by atoms with E-state index in [1.54, 1.807) is 60.4 Å². The molecule has 1 aliphatic rings. The number of hydrogen-bond donors (Lipinski definition) is 0. The van der Waals surface area contributed by atoms with Crippen LogP contribution in [0.25, 0.3) is 0 Å². The summed E-state index contributed by atoms with van der Waals surface area (Å²) in [5.41, 5.74) is 2.46. The van der Waals surface area contributed by atoms with Gasteiger partial charge in [-0.1, -0.05) is 63.2 Å². The smallest absolute Gasteiger partial charge is 0.312 e. The summed E-state index contributed by atoms with van der Waals surface area (Å²) in [4.78, 5) is 39.4. The van der Waals surface area contributed by atoms with Crippen LogP contribution >= 0.6 is 0 Å². The number of amides is 1. The molecule has 0 bridgehead atoms. The van der Waals surface area contributed by atoms with Gasteiger partial charge in [0.15, 0.2) is 6.10 Å². The lowest BCUT2D eigenvalue weighted by atomic mass is 9.87. The van der Waals surface area contributed by atoms with E-state index in [1.165, 1.54) is 5.56 Å². The first-order valence-electron chi connectivity index (χ1n) is 12.1. The summed E-state index contributed by atoms with van der Waals surface area (Å²) in [5, 5.41) is 0. The summed E-state index contributed by atoms with van der Waals surface area (Å²) in [6.07, 6.45) is -0.873. The molecule has 0 aromatic heterocycles. The highest BCUT2D eigenvalue weighted by Crippen LogP contribution is 2.30. The molecule has 1 fully saturated rings. The quantitative estimate of drug-likeness (QED) is 0.306. The van der Waals surface area contributed by atoms with Crippen LogP contribution in [-0.2, 0) is 19.7 Å². The summed E-state index contributed by atoms with van der Waals surface area (Å²) in [5.74, 6) is -0.214. The first kappa shape index (κ1) is 25.2. The maximum absolute atomic E-state index is 12.7. The molecule has 0 N–H and O–H groups in total. The summed E-state index contributed by atoms with van der Waals surface area (Å²) in [6, 6.07) is 23.9. The van der Waals surface area contributed by atoms with Crippen molar-refractivity contribution in [3.63, 3.8) is 0 Å². The number of carbonyl (C=O) groups excluding carboxylic acids is 3. The number of ketones is 1. The van der Waals surface area contributed by atoms with E-state index in [0.29, 0.717) is 17.0 Å². The lowest BCUT2D eigenvalue weighted by Crippen LogP contribution is -2.30. The fourth-order valence-corrected chi connectivity index (χ4v) is 4.13. The van der Waals surface area contributed by atoms with E-state index in [2.05, 4.69) is 32.9 Å². The second-order valence-corrected chi connectivity index (χ2v) is 10.1. The van der Waals surface area contributed by atoms with Gasteiger partial charge >= 0.3 is 5.97 Å². The minimum Gasteiger partial charge on any atom is -0.457 e. The highest BCUT2D eigenvalue weighted by molar-refractivity contribution is 6.02. The second-order valence-electron chi connectivity index (χ2n) is 10.1. The second kappa shape index (κ2) is 10.4. The first-order valence-corrected chi connectivity index (χ1v) is 12.1. The molecule has 36 heavy (non-hydrogen) atoms. The van der Waals surface area contributed by atoms with Crippen molar-refractivity contribution in [2.24, 2.45) is 5.92 Å². The van der Waals surface area contributed by atoms with Crippen LogP contribution in [0.15, 0.2) is 78.9 Å². The van der Waals surface area contributed by atoms with E-state index in [-0.39, 0.29) is 30.1 Å². The Morgan fingerprint density at radius 2 is 1.47 bits per heavy atom. The van der Waals surface area contributed by atoms with Gasteiger partial charge in [0, 0.05) is 24.2 Å². The number of anilines is 1. The zero-order chi connectivity index (χ0) is 25.9. The Morgan fingerprint density at radius 1 is 0.889 bits per heavy atom. The van der Waals surface area contributed by atoms with Crippen molar-refractivity contribution in [3.8, 4) is 11.5 Å². The molecule has 186 valence electrons. The van der Waals surface area contributed by atoms with Crippen LogP contribution in [0.5, 0.6) is 11.5 Å². The molecular formula is C30H31NO5. The number of nitrogens with zero attached hydrogens (tertiary/aromatic N) is 1. The Balaban J connectivity index is 1.35. The number of carbonyl (C=O) groups is 3. The topological polar surface area (TPSA) is 72.9 Å². The Hall–Kier alpha value is -3.93. The first-order chi connectivity index (χ1) is 17.1. The lowest BCUT2D eigenvalue weighted by molar-refractivity contribution is -0.151. The predicted molar refractivity (Wildman–Crippen MR) is 138 cm³/mol. The Labute approximate surface area is 211 Å². The molecule has 2 atom stereocenters. The third kappa shape index (κ3) is 5.82. The third-order valence-electron chi connectivity index (χ3n) is 6.28. The zero-order valence-electron chi connectivity index (χ0n) is 21.1. The molecule has 3 aromatic rings. The molecule has 1 saturated heterocycles. The van der Waals surface area contributed by atoms with Gasteiger partial charge in [0.25, 0.3) is 0 Å². The van der Waals surface area contributed by atoms with E-state index in [9.17, 15) is 14.4 Å². The molecule has 1 heterocycles. The molecular weight excluding hydrogens is 454 g/mol. The minimum atomic E-state index is -0.919. The average molecular weight is 486 g/mol. The minimum absolute atomic E-state index is 0.0451. The molecule has 1 aliphatic heterocycles. The molecule has 0 saturated carbocycles. The summed E-state index contributed by atoms with van der Waals surface area (Å²) in [7, 11) is 0. The third-order valence-corrected chi connectivity index (χ3v) is 6.28. The fourth-order valence-electron chi connectivity index (χ4n) is 4.13. The molecule has 0 spiro atoms. The highest BCUT2D eigenvalue weighted by atomic mass is 16.5. The molecule has 4 rings (SSSR count). The zero-order valence-corrected chi connectivity index (χ0v) is 21.1. The van der Waals surface area contributed by atoms with Gasteiger partial charge in [-0.3, -0.25) is 14.4 Å². The van der Waals surface area contributed by atoms with Crippen LogP contribution in [0.1, 0.15) is 50.0 Å². The summed E-state index contributed by atoms with van der Waals surface area (Å²) >= 11 is 0. The maximum Gasteiger partial charge on any atom is 0.312 e. The number of Topliss-reactive ketones (excluding diaryl/α,β-unsaturated/α-hetero) is 1. The molecule has 6 heteroatoms. The van der Waals surface area contributed by atoms with Gasteiger partial charge in [-0.25, -0.2) is 0 Å². The Kier molecular flexibility index (Phi) is 7.25. The Morgan fingerprint density at radius 3 is 2.06 bits per heavy atom. The molecule has 0 radical (unpaired) electrons. The molecule has 0 unspecified atom stereocenters. The van der Waals surface area contributed by atoms with Crippen molar-refractivity contribution in [3.05, 3.63) is 90.0 Å². The Bertz CT molecular complexity index is 1230. The van der Waals surface area contributed by atoms with Gasteiger partial charge in [-0.05, 0) is 54.3 Å². The van der Waals surface area contributed by atoms with Crippen LogP contribution in [0, 0.1) is 5.92 Å². The van der Waals surface area contributed by atoms with Crippen LogP contribution in [-0.4, -0.2) is 30.3 Å². The van der Waals surface area contributed by atoms with Crippen LogP contribution in [0.3, 0.4) is 0 Å². The summed E-state index contributed by atoms with van der Waals surface area (Å²) < 4.78 is 11.4. The fraction of sp³-hybridized carbons (Fsp3) is 0.300. The van der Waals surface area contributed by atoms with Crippen molar-refractivity contribution in [2.75, 3.05) is 11.4 Å². The number of esters is 1. The van der Waals surface area contributed by atoms with Crippen molar-refractivity contribution in [2.45, 2.75) is 45.6 Å². The number of ether oxygens (including phenoxy) is 2. The van der Waals surface area contributed by atoms with Crippen LogP contribution in [0.2, 0.25) is 0 Å². The van der Waals surface area contributed by atoms with Crippen molar-refractivity contribution in [1.29, 1.82) is 0 Å². The van der Waals surface area contributed by atoms with E-state index < -0.39 is 18.0 Å². The predicted octanol–water partition coefficient (Wildman–Crippen LogP) is 5.94. The van der Waals surface area contributed by atoms with Crippen molar-refractivity contribution in [1.82, 2.24) is 0 Å². The number of hydrogen-bond acceptors (Lipinski definition) is 5. The van der Waals surface area contributed by atoms with Crippen LogP contribution in [0.4, 0.5) is 5.69 Å². The SMILES string of the molecule is C[C@@H](OC(=O)[C@@H]1CC(=O)N(c2ccc(Oc3ccc(C(C)(C)C)cc3)cc2)C1)C(=O)c1ccccc1. The van der Waals surface area contributed by atoms with Gasteiger partial charge in [0.05, 0.1) is 5.92 Å². The average Bonchev–Trinajstić information content (AvgIpc) is 3.26. The molecule has 6 nitrogen and oxygen atoms in total. The van der Waals surface area contributed by atoms with E-state index in [0.717, 1.165) is 5.75 Å². The van der Waals surface area contributed by atoms with Gasteiger partial charge in [-0.15, -0.1) is 0 Å². The van der Waals surface area contributed by atoms with E-state index in [1.807, 2.05) is 18.2 Å². The number of rotatable bonds is 7. The monoisotopic (exact) mass is 485 g/mol. The highest BCUT2D eigenvalue weighted by Gasteiger charge is 2.37. The standard InChI is InChI=1S/C30H31NO5/c1-20(28(33)21-8-6-5-7-9-21)35-29(34)22-18-27(32)31(19-22)24-12-16-26(17-13-24)36-25-14-10-23(11-15-25)30(2,3)4/h5-17,20,22H,18-19H2,1-4H3/t20-,22-/m1/s1. The molecule has 3 aromatic carbocycles. The maximum atomic E-state index is 12.7. The van der Waals surface area contributed by atoms with Crippen molar-refractivity contribution < 1.29 is 23.9 Å². The molecule has 1 amide bonds. The largest absolute Gasteiger partial charge is 0.457 e. The van der Waals surface area contributed by atoms with Crippen LogP contribution < -0.4 is 9.64 Å². The summed E-state index contributed by atoms with van der Waals surface area (Å²) in [6.45, 7) is 8.25. The van der Waals surface area contributed by atoms with E-state index >= 15 is 0 Å². The van der Waals surface area contributed by atoms with Gasteiger partial charge in [-0.2, -0.15) is 0 Å². The van der Waals surface area contributed by atoms with Gasteiger partial charge in [0.1, 0.15) is 11.5 Å².